The fourth-order valence-electron chi connectivity index (χ4n) is 2.72. The van der Waals surface area contributed by atoms with E-state index in [1.54, 1.807) is 0 Å². The van der Waals surface area contributed by atoms with Gasteiger partial charge in [-0.1, -0.05) is 31.5 Å². The second-order valence-electron chi connectivity index (χ2n) is 6.82. The van der Waals surface area contributed by atoms with Crippen molar-refractivity contribution in [2.24, 2.45) is 0 Å². The van der Waals surface area contributed by atoms with Gasteiger partial charge in [0.1, 0.15) is 0 Å². The summed E-state index contributed by atoms with van der Waals surface area (Å²) in [5.41, 5.74) is 2.94. The maximum Gasteiger partial charge on any atom is 0.0528 e. The number of aromatic nitrogens is 1. The van der Waals surface area contributed by atoms with E-state index in [0.29, 0.717) is 6.04 Å². The summed E-state index contributed by atoms with van der Waals surface area (Å²) in [5, 5.41) is 4.95. The molecule has 1 aromatic carbocycles. The van der Waals surface area contributed by atoms with Crippen LogP contribution in [0.2, 0.25) is 0 Å². The van der Waals surface area contributed by atoms with Gasteiger partial charge in [-0.15, -0.1) is 0 Å². The van der Waals surface area contributed by atoms with Gasteiger partial charge < -0.3 is 9.88 Å². The normalized spacial score (nSPS) is 13.8. The molecule has 0 fully saturated rings. The zero-order valence-corrected chi connectivity index (χ0v) is 13.5. The topological polar surface area (TPSA) is 17.0 Å². The fourth-order valence-corrected chi connectivity index (χ4v) is 2.72. The molecule has 0 saturated carbocycles. The van der Waals surface area contributed by atoms with Gasteiger partial charge in [0, 0.05) is 24.3 Å². The van der Waals surface area contributed by atoms with E-state index in [0.717, 1.165) is 6.54 Å². The molecule has 0 bridgehead atoms. The Bertz CT molecular complexity index is 560. The average molecular weight is 272 g/mol. The lowest BCUT2D eigenvalue weighted by atomic mass is 10.1. The highest BCUT2D eigenvalue weighted by molar-refractivity contribution is 5.83. The molecule has 0 aliphatic rings. The number of fused-ring (bicyclic) bond motifs is 1. The summed E-state index contributed by atoms with van der Waals surface area (Å²) in [7, 11) is 0. The molecule has 0 amide bonds. The lowest BCUT2D eigenvalue weighted by molar-refractivity contribution is 0.424. The van der Waals surface area contributed by atoms with Crippen LogP contribution in [0.5, 0.6) is 0 Å². The van der Waals surface area contributed by atoms with Gasteiger partial charge in [0.25, 0.3) is 0 Å². The molecule has 20 heavy (non-hydrogen) atoms. The molecule has 110 valence electrons. The standard InChI is InChI=1S/C18H28N2/c1-6-8-14(2)20-12-11-15-9-7-10-16(17(15)20)13-19-18(3,4)5/h7,9-12,14,19H,6,8,13H2,1-5H3. The highest BCUT2D eigenvalue weighted by Crippen LogP contribution is 2.26. The molecule has 1 heterocycles. The second kappa shape index (κ2) is 6.01. The first-order chi connectivity index (χ1) is 9.42. The third-order valence-corrected chi connectivity index (χ3v) is 3.81. The molecular weight excluding hydrogens is 244 g/mol. The minimum Gasteiger partial charge on any atom is -0.344 e. The number of hydrogen-bond acceptors (Lipinski definition) is 1. The van der Waals surface area contributed by atoms with Gasteiger partial charge in [-0.25, -0.2) is 0 Å². The number of hydrogen-bond donors (Lipinski definition) is 1. The number of rotatable bonds is 5. The Morgan fingerprint density at radius 2 is 1.95 bits per heavy atom. The molecule has 1 atom stereocenters. The third-order valence-electron chi connectivity index (χ3n) is 3.81. The Balaban J connectivity index is 2.36. The van der Waals surface area contributed by atoms with Crippen LogP contribution in [0.3, 0.4) is 0 Å². The van der Waals surface area contributed by atoms with Crippen LogP contribution in [-0.4, -0.2) is 10.1 Å². The summed E-state index contributed by atoms with van der Waals surface area (Å²) in [6, 6.07) is 9.42. The molecule has 2 rings (SSSR count). The van der Waals surface area contributed by atoms with Crippen molar-refractivity contribution < 1.29 is 0 Å². The van der Waals surface area contributed by atoms with Crippen LogP contribution < -0.4 is 5.32 Å². The predicted molar refractivity (Wildman–Crippen MR) is 88.1 cm³/mol. The Kier molecular flexibility index (Phi) is 4.54. The van der Waals surface area contributed by atoms with Crippen molar-refractivity contribution >= 4 is 10.9 Å². The molecule has 2 heteroatoms. The zero-order valence-electron chi connectivity index (χ0n) is 13.5. The summed E-state index contributed by atoms with van der Waals surface area (Å²) in [5.74, 6) is 0. The molecule has 0 spiro atoms. The van der Waals surface area contributed by atoms with Gasteiger partial charge in [0.05, 0.1) is 5.52 Å². The van der Waals surface area contributed by atoms with E-state index in [4.69, 9.17) is 0 Å². The molecular formula is C18H28N2. The summed E-state index contributed by atoms with van der Waals surface area (Å²) in [4.78, 5) is 0. The molecule has 0 aliphatic heterocycles. The van der Waals surface area contributed by atoms with Crippen LogP contribution >= 0.6 is 0 Å². The smallest absolute Gasteiger partial charge is 0.0528 e. The Hall–Kier alpha value is -1.28. The first kappa shape index (κ1) is 15.1. The predicted octanol–water partition coefficient (Wildman–Crippen LogP) is 4.89. The second-order valence-corrected chi connectivity index (χ2v) is 6.82. The van der Waals surface area contributed by atoms with Gasteiger partial charge >= 0.3 is 0 Å². The van der Waals surface area contributed by atoms with Crippen molar-refractivity contribution in [3.8, 4) is 0 Å². The van der Waals surface area contributed by atoms with E-state index >= 15 is 0 Å². The number of para-hydroxylation sites is 1. The van der Waals surface area contributed by atoms with Crippen molar-refractivity contribution in [1.29, 1.82) is 0 Å². The minimum atomic E-state index is 0.147. The van der Waals surface area contributed by atoms with Gasteiger partial charge in [-0.2, -0.15) is 0 Å². The SMILES string of the molecule is CCCC(C)n1ccc2cccc(CNC(C)(C)C)c21. The fraction of sp³-hybridized carbons (Fsp3) is 0.556. The summed E-state index contributed by atoms with van der Waals surface area (Å²) < 4.78 is 2.44. The Morgan fingerprint density at radius 3 is 2.60 bits per heavy atom. The highest BCUT2D eigenvalue weighted by atomic mass is 15.0. The van der Waals surface area contributed by atoms with Gasteiger partial charge in [-0.3, -0.25) is 0 Å². The Labute approximate surface area is 123 Å². The van der Waals surface area contributed by atoms with Crippen molar-refractivity contribution in [1.82, 2.24) is 9.88 Å². The first-order valence-electron chi connectivity index (χ1n) is 7.76. The largest absolute Gasteiger partial charge is 0.344 e. The molecule has 2 nitrogen and oxygen atoms in total. The number of benzene rings is 1. The van der Waals surface area contributed by atoms with Gasteiger partial charge in [0.15, 0.2) is 0 Å². The van der Waals surface area contributed by atoms with E-state index in [-0.39, 0.29) is 5.54 Å². The van der Waals surface area contributed by atoms with E-state index < -0.39 is 0 Å². The van der Waals surface area contributed by atoms with E-state index in [2.05, 4.69) is 75.0 Å². The van der Waals surface area contributed by atoms with Gasteiger partial charge in [-0.05, 0) is 51.1 Å². The average Bonchev–Trinajstić information content (AvgIpc) is 2.80. The van der Waals surface area contributed by atoms with Gasteiger partial charge in [0.2, 0.25) is 0 Å². The van der Waals surface area contributed by atoms with Crippen LogP contribution in [-0.2, 0) is 6.54 Å². The van der Waals surface area contributed by atoms with Crippen molar-refractivity contribution in [3.63, 3.8) is 0 Å². The zero-order chi connectivity index (χ0) is 14.8. The van der Waals surface area contributed by atoms with E-state index in [9.17, 15) is 0 Å². The highest BCUT2D eigenvalue weighted by Gasteiger charge is 2.13. The molecule has 0 radical (unpaired) electrons. The van der Waals surface area contributed by atoms with Crippen molar-refractivity contribution in [2.75, 3.05) is 0 Å². The molecule has 1 aromatic heterocycles. The molecule has 1 N–H and O–H groups in total. The Morgan fingerprint density at radius 1 is 1.20 bits per heavy atom. The number of nitrogens with one attached hydrogen (secondary N) is 1. The molecule has 1 unspecified atom stereocenters. The first-order valence-corrected chi connectivity index (χ1v) is 7.76. The molecule has 2 aromatic rings. The van der Waals surface area contributed by atoms with Crippen molar-refractivity contribution in [2.45, 2.75) is 65.6 Å². The van der Waals surface area contributed by atoms with E-state index in [1.165, 1.54) is 29.3 Å². The lowest BCUT2D eigenvalue weighted by Crippen LogP contribution is -2.35. The summed E-state index contributed by atoms with van der Waals surface area (Å²) in [6.07, 6.45) is 4.69. The summed E-state index contributed by atoms with van der Waals surface area (Å²) >= 11 is 0. The van der Waals surface area contributed by atoms with Crippen LogP contribution in [0.15, 0.2) is 30.5 Å². The third kappa shape index (κ3) is 3.43. The van der Waals surface area contributed by atoms with E-state index in [1.807, 2.05) is 0 Å². The summed E-state index contributed by atoms with van der Waals surface area (Å²) in [6.45, 7) is 12.1. The maximum atomic E-state index is 3.60. The van der Waals surface area contributed by atoms with Crippen LogP contribution in [0.25, 0.3) is 10.9 Å². The number of nitrogens with zero attached hydrogens (tertiary/aromatic N) is 1. The monoisotopic (exact) mass is 272 g/mol. The molecule has 0 aliphatic carbocycles. The molecule has 0 saturated heterocycles. The van der Waals surface area contributed by atoms with Crippen LogP contribution in [0.4, 0.5) is 0 Å². The minimum absolute atomic E-state index is 0.147. The maximum absolute atomic E-state index is 3.60. The van der Waals surface area contributed by atoms with Crippen molar-refractivity contribution in [3.05, 3.63) is 36.0 Å². The van der Waals surface area contributed by atoms with Crippen LogP contribution in [0, 0.1) is 0 Å². The quantitative estimate of drug-likeness (QED) is 0.820. The lowest BCUT2D eigenvalue weighted by Gasteiger charge is -2.22. The van der Waals surface area contributed by atoms with Crippen LogP contribution in [0.1, 0.15) is 59.1 Å².